The van der Waals surface area contributed by atoms with E-state index in [9.17, 15) is 4.39 Å². The van der Waals surface area contributed by atoms with Crippen LogP contribution in [0, 0.1) is 5.82 Å². The lowest BCUT2D eigenvalue weighted by Gasteiger charge is -2.25. The summed E-state index contributed by atoms with van der Waals surface area (Å²) in [5, 5.41) is 0.587. The van der Waals surface area contributed by atoms with Crippen LogP contribution in [0.4, 0.5) is 4.39 Å². The lowest BCUT2D eigenvalue weighted by atomic mass is 10.0. The molecule has 0 saturated carbocycles. The van der Waals surface area contributed by atoms with Crippen LogP contribution < -0.4 is 10.5 Å². The van der Waals surface area contributed by atoms with E-state index in [1.807, 2.05) is 25.1 Å². The van der Waals surface area contributed by atoms with Crippen LogP contribution in [0.5, 0.6) is 5.75 Å². The van der Waals surface area contributed by atoms with Gasteiger partial charge in [0.25, 0.3) is 0 Å². The zero-order valence-corrected chi connectivity index (χ0v) is 13.9. The first-order chi connectivity index (χ1) is 10.0. The highest BCUT2D eigenvalue weighted by molar-refractivity contribution is 9.10. The van der Waals surface area contributed by atoms with Gasteiger partial charge in [-0.15, -0.1) is 0 Å². The molecule has 0 saturated heterocycles. The molecule has 0 bridgehead atoms. The van der Waals surface area contributed by atoms with Gasteiger partial charge in [-0.1, -0.05) is 36.7 Å². The van der Waals surface area contributed by atoms with E-state index in [4.69, 9.17) is 22.1 Å². The topological polar surface area (TPSA) is 35.2 Å². The molecule has 2 unspecified atom stereocenters. The third-order valence-electron chi connectivity index (χ3n) is 3.23. The van der Waals surface area contributed by atoms with Gasteiger partial charge in [-0.3, -0.25) is 0 Å². The Morgan fingerprint density at radius 2 is 2.00 bits per heavy atom. The fourth-order valence-corrected chi connectivity index (χ4v) is 2.49. The third-order valence-corrected chi connectivity index (χ3v) is 4.21. The molecule has 0 aromatic heterocycles. The number of halogens is 3. The Balaban J connectivity index is 2.33. The molecular formula is C16H16BrClFNO. The minimum atomic E-state index is -0.427. The number of nitrogens with two attached hydrogens (primary N) is 1. The first-order valence-electron chi connectivity index (χ1n) is 6.64. The van der Waals surface area contributed by atoms with Gasteiger partial charge in [0.1, 0.15) is 17.7 Å². The molecule has 0 aliphatic rings. The summed E-state index contributed by atoms with van der Waals surface area (Å²) in [5.74, 6) is 0.0417. The summed E-state index contributed by atoms with van der Waals surface area (Å²) in [5.41, 5.74) is 6.95. The van der Waals surface area contributed by atoms with Crippen molar-refractivity contribution >= 4 is 27.5 Å². The molecule has 2 aromatic carbocycles. The average Bonchev–Trinajstić information content (AvgIpc) is 2.48. The smallest absolute Gasteiger partial charge is 0.141 e. The van der Waals surface area contributed by atoms with Crippen LogP contribution in [0.2, 0.25) is 5.02 Å². The van der Waals surface area contributed by atoms with Crippen LogP contribution in [0.3, 0.4) is 0 Å². The van der Waals surface area contributed by atoms with Gasteiger partial charge in [0.05, 0.1) is 4.47 Å². The summed E-state index contributed by atoms with van der Waals surface area (Å²) in [6, 6.07) is 11.8. The minimum Gasteiger partial charge on any atom is -0.484 e. The highest BCUT2D eigenvalue weighted by Gasteiger charge is 2.23. The fourth-order valence-electron chi connectivity index (χ4n) is 2.00. The predicted octanol–water partition coefficient (Wildman–Crippen LogP) is 5.10. The van der Waals surface area contributed by atoms with Gasteiger partial charge < -0.3 is 10.5 Å². The zero-order chi connectivity index (χ0) is 15.4. The zero-order valence-electron chi connectivity index (χ0n) is 11.5. The Bertz CT molecular complexity index is 623. The number of ether oxygens (including phenoxy) is 1. The van der Waals surface area contributed by atoms with E-state index in [-0.39, 0.29) is 11.9 Å². The molecule has 0 fully saturated rings. The van der Waals surface area contributed by atoms with Gasteiger partial charge in [-0.2, -0.15) is 0 Å². The van der Waals surface area contributed by atoms with Gasteiger partial charge >= 0.3 is 0 Å². The number of hydrogen-bond donors (Lipinski definition) is 1. The van der Waals surface area contributed by atoms with Crippen molar-refractivity contribution in [1.29, 1.82) is 0 Å². The van der Waals surface area contributed by atoms with Gasteiger partial charge in [0.15, 0.2) is 0 Å². The van der Waals surface area contributed by atoms with Crippen LogP contribution in [-0.4, -0.2) is 6.04 Å². The molecule has 0 amide bonds. The highest BCUT2D eigenvalue weighted by Crippen LogP contribution is 2.31. The van der Waals surface area contributed by atoms with Crippen LogP contribution in [0.25, 0.3) is 0 Å². The van der Waals surface area contributed by atoms with Crippen molar-refractivity contribution in [2.24, 2.45) is 5.73 Å². The van der Waals surface area contributed by atoms with E-state index in [0.717, 1.165) is 12.0 Å². The Kier molecular flexibility index (Phi) is 5.62. The van der Waals surface area contributed by atoms with E-state index in [2.05, 4.69) is 15.9 Å². The third kappa shape index (κ3) is 3.96. The SMILES string of the molecule is CCC(N)C(Oc1ccc(Br)c(F)c1)c1ccccc1Cl. The first-order valence-corrected chi connectivity index (χ1v) is 7.81. The largest absolute Gasteiger partial charge is 0.484 e. The van der Waals surface area contributed by atoms with Gasteiger partial charge in [0.2, 0.25) is 0 Å². The molecule has 2 N–H and O–H groups in total. The van der Waals surface area contributed by atoms with Crippen molar-refractivity contribution in [2.45, 2.75) is 25.5 Å². The first kappa shape index (κ1) is 16.3. The van der Waals surface area contributed by atoms with E-state index >= 15 is 0 Å². The Hall–Kier alpha value is -1.10. The molecule has 2 nitrogen and oxygen atoms in total. The van der Waals surface area contributed by atoms with Crippen LogP contribution in [-0.2, 0) is 0 Å². The van der Waals surface area contributed by atoms with E-state index in [0.29, 0.717) is 15.2 Å². The maximum Gasteiger partial charge on any atom is 0.141 e. The minimum absolute atomic E-state index is 0.239. The molecule has 2 aromatic rings. The quantitative estimate of drug-likeness (QED) is 0.792. The van der Waals surface area contributed by atoms with Crippen molar-refractivity contribution in [2.75, 3.05) is 0 Å². The maximum absolute atomic E-state index is 13.6. The van der Waals surface area contributed by atoms with Crippen molar-refractivity contribution in [3.63, 3.8) is 0 Å². The van der Waals surface area contributed by atoms with Crippen molar-refractivity contribution in [3.8, 4) is 5.75 Å². The Morgan fingerprint density at radius 1 is 1.29 bits per heavy atom. The molecule has 2 rings (SSSR count). The molecule has 0 spiro atoms. The standard InChI is InChI=1S/C16H16BrClFNO/c1-2-15(20)16(11-5-3-4-6-13(11)18)21-10-7-8-12(17)14(19)9-10/h3-9,15-16H,2,20H2,1H3. The average molecular weight is 373 g/mol. The summed E-state index contributed by atoms with van der Waals surface area (Å²) in [7, 11) is 0. The molecule has 112 valence electrons. The predicted molar refractivity (Wildman–Crippen MR) is 87.2 cm³/mol. The molecule has 21 heavy (non-hydrogen) atoms. The highest BCUT2D eigenvalue weighted by atomic mass is 79.9. The molecule has 0 radical (unpaired) electrons. The molecule has 0 heterocycles. The fraction of sp³-hybridized carbons (Fsp3) is 0.250. The number of benzene rings is 2. The van der Waals surface area contributed by atoms with Gasteiger partial charge in [-0.25, -0.2) is 4.39 Å². The monoisotopic (exact) mass is 371 g/mol. The summed E-state index contributed by atoms with van der Waals surface area (Å²) in [6.07, 6.45) is 0.291. The van der Waals surface area contributed by atoms with E-state index in [1.165, 1.54) is 6.07 Å². The second kappa shape index (κ2) is 7.25. The van der Waals surface area contributed by atoms with Gasteiger partial charge in [-0.05, 0) is 40.5 Å². The maximum atomic E-state index is 13.6. The van der Waals surface area contributed by atoms with Crippen molar-refractivity contribution in [1.82, 2.24) is 0 Å². The molecule has 0 aliphatic carbocycles. The summed E-state index contributed by atoms with van der Waals surface area (Å²) >= 11 is 9.34. The van der Waals surface area contributed by atoms with Crippen LogP contribution in [0.15, 0.2) is 46.9 Å². The number of rotatable bonds is 5. The second-order valence-corrected chi connectivity index (χ2v) is 5.97. The lowest BCUT2D eigenvalue weighted by Crippen LogP contribution is -2.31. The molecule has 0 aliphatic heterocycles. The lowest BCUT2D eigenvalue weighted by molar-refractivity contribution is 0.170. The molecule has 2 atom stereocenters. The van der Waals surface area contributed by atoms with Crippen molar-refractivity contribution in [3.05, 3.63) is 63.3 Å². The van der Waals surface area contributed by atoms with E-state index in [1.54, 1.807) is 18.2 Å². The van der Waals surface area contributed by atoms with E-state index < -0.39 is 6.10 Å². The summed E-state index contributed by atoms with van der Waals surface area (Å²) in [6.45, 7) is 1.97. The van der Waals surface area contributed by atoms with Crippen LogP contribution in [0.1, 0.15) is 25.0 Å². The molecular weight excluding hydrogens is 357 g/mol. The number of hydrogen-bond acceptors (Lipinski definition) is 2. The Labute approximate surface area is 137 Å². The van der Waals surface area contributed by atoms with Gasteiger partial charge in [0, 0.05) is 22.7 Å². The normalized spacial score (nSPS) is 13.8. The van der Waals surface area contributed by atoms with Crippen molar-refractivity contribution < 1.29 is 9.13 Å². The second-order valence-electron chi connectivity index (χ2n) is 4.71. The Morgan fingerprint density at radius 3 is 2.62 bits per heavy atom. The molecule has 5 heteroatoms. The summed E-state index contributed by atoms with van der Waals surface area (Å²) < 4.78 is 19.9. The van der Waals surface area contributed by atoms with Crippen LogP contribution >= 0.6 is 27.5 Å². The summed E-state index contributed by atoms with van der Waals surface area (Å²) in [4.78, 5) is 0.